The average molecular weight is 285 g/mol. The highest BCUT2D eigenvalue weighted by Gasteiger charge is 2.29. The minimum absolute atomic E-state index is 0.107. The number of sulfonamides is 1. The largest absolute Gasteiger partial charge is 0.495 e. The van der Waals surface area contributed by atoms with Crippen LogP contribution in [0.1, 0.15) is 25.7 Å². The average Bonchev–Trinajstić information content (AvgIpc) is 2.41. The molecule has 1 saturated carbocycles. The molecule has 1 fully saturated rings. The van der Waals surface area contributed by atoms with E-state index in [9.17, 15) is 13.5 Å². The summed E-state index contributed by atoms with van der Waals surface area (Å²) < 4.78 is 32.3. The van der Waals surface area contributed by atoms with Gasteiger partial charge >= 0.3 is 0 Å². The van der Waals surface area contributed by atoms with Crippen LogP contribution in [0.15, 0.2) is 29.2 Å². The zero-order valence-electron chi connectivity index (χ0n) is 10.9. The summed E-state index contributed by atoms with van der Waals surface area (Å²) in [5.74, 6) is 0.306. The third-order valence-corrected chi connectivity index (χ3v) is 4.92. The molecule has 5 nitrogen and oxygen atoms in total. The lowest BCUT2D eigenvalue weighted by Gasteiger charge is -2.28. The van der Waals surface area contributed by atoms with Crippen molar-refractivity contribution in [1.82, 2.24) is 4.72 Å². The van der Waals surface area contributed by atoms with E-state index >= 15 is 0 Å². The molecule has 1 aliphatic rings. The quantitative estimate of drug-likeness (QED) is 0.873. The van der Waals surface area contributed by atoms with Crippen molar-refractivity contribution in [3.63, 3.8) is 0 Å². The number of aliphatic hydroxyl groups is 1. The first-order valence-electron chi connectivity index (χ1n) is 6.38. The van der Waals surface area contributed by atoms with Crippen molar-refractivity contribution in [1.29, 1.82) is 0 Å². The minimum Gasteiger partial charge on any atom is -0.495 e. The first kappa shape index (κ1) is 14.3. The Kier molecular flexibility index (Phi) is 4.44. The number of hydrogen-bond donors (Lipinski definition) is 2. The number of nitrogens with one attached hydrogen (secondary N) is 1. The second kappa shape index (κ2) is 5.90. The van der Waals surface area contributed by atoms with E-state index in [4.69, 9.17) is 4.74 Å². The Morgan fingerprint density at radius 2 is 1.95 bits per heavy atom. The van der Waals surface area contributed by atoms with Gasteiger partial charge in [0.25, 0.3) is 0 Å². The maximum atomic E-state index is 12.3. The smallest absolute Gasteiger partial charge is 0.244 e. The fourth-order valence-corrected chi connectivity index (χ4v) is 3.83. The fraction of sp³-hybridized carbons (Fsp3) is 0.538. The van der Waals surface area contributed by atoms with Gasteiger partial charge in [0, 0.05) is 6.04 Å². The van der Waals surface area contributed by atoms with Gasteiger partial charge in [-0.15, -0.1) is 0 Å². The maximum Gasteiger partial charge on any atom is 0.244 e. The molecule has 1 aromatic carbocycles. The van der Waals surface area contributed by atoms with Gasteiger partial charge in [0.2, 0.25) is 10.0 Å². The Morgan fingerprint density at radius 1 is 1.26 bits per heavy atom. The topological polar surface area (TPSA) is 75.6 Å². The number of aliphatic hydroxyl groups excluding tert-OH is 1. The molecule has 0 unspecified atom stereocenters. The van der Waals surface area contributed by atoms with Gasteiger partial charge in [-0.1, -0.05) is 25.0 Å². The van der Waals surface area contributed by atoms with Crippen LogP contribution in [0.25, 0.3) is 0 Å². The monoisotopic (exact) mass is 285 g/mol. The van der Waals surface area contributed by atoms with Crippen molar-refractivity contribution < 1.29 is 18.3 Å². The van der Waals surface area contributed by atoms with E-state index in [1.54, 1.807) is 18.2 Å². The van der Waals surface area contributed by atoms with Gasteiger partial charge in [-0.25, -0.2) is 13.1 Å². The van der Waals surface area contributed by atoms with Crippen LogP contribution in [-0.2, 0) is 10.0 Å². The second-order valence-electron chi connectivity index (χ2n) is 4.73. The molecule has 2 N–H and O–H groups in total. The number of ether oxygens (including phenoxy) is 1. The summed E-state index contributed by atoms with van der Waals surface area (Å²) in [4.78, 5) is 0.107. The molecular weight excluding hydrogens is 266 g/mol. The molecule has 0 bridgehead atoms. The zero-order valence-corrected chi connectivity index (χ0v) is 11.7. The van der Waals surface area contributed by atoms with Crippen LogP contribution in [0.3, 0.4) is 0 Å². The predicted octanol–water partition coefficient (Wildman–Crippen LogP) is 1.28. The van der Waals surface area contributed by atoms with Crippen LogP contribution >= 0.6 is 0 Å². The van der Waals surface area contributed by atoms with Crippen molar-refractivity contribution in [2.75, 3.05) is 7.11 Å². The predicted molar refractivity (Wildman–Crippen MR) is 71.6 cm³/mol. The normalized spacial score (nSPS) is 24.1. The Hall–Kier alpha value is -1.11. The number of rotatable bonds is 4. The van der Waals surface area contributed by atoms with E-state index in [-0.39, 0.29) is 4.90 Å². The standard InChI is InChI=1S/C13H19NO4S/c1-18-12-8-4-5-9-13(12)19(16,17)14-10-6-2-3-7-11(10)15/h4-5,8-11,14-15H,2-3,6-7H2,1H3/t10-,11-/m0/s1. The molecule has 0 radical (unpaired) electrons. The van der Waals surface area contributed by atoms with Crippen LogP contribution in [-0.4, -0.2) is 32.8 Å². The number of para-hydroxylation sites is 1. The third kappa shape index (κ3) is 3.26. The van der Waals surface area contributed by atoms with Gasteiger partial charge in [-0.2, -0.15) is 0 Å². The molecule has 0 aliphatic heterocycles. The van der Waals surface area contributed by atoms with Crippen LogP contribution < -0.4 is 9.46 Å². The molecule has 2 rings (SSSR count). The van der Waals surface area contributed by atoms with Crippen molar-refractivity contribution in [2.24, 2.45) is 0 Å². The van der Waals surface area contributed by atoms with Gasteiger partial charge in [0.15, 0.2) is 0 Å². The minimum atomic E-state index is -3.67. The van der Waals surface area contributed by atoms with Crippen molar-refractivity contribution in [3.05, 3.63) is 24.3 Å². The molecule has 0 amide bonds. The van der Waals surface area contributed by atoms with Crippen LogP contribution in [0.5, 0.6) is 5.75 Å². The third-order valence-electron chi connectivity index (χ3n) is 3.39. The van der Waals surface area contributed by atoms with E-state index in [1.807, 2.05) is 0 Å². The summed E-state index contributed by atoms with van der Waals surface area (Å²) in [5.41, 5.74) is 0. The van der Waals surface area contributed by atoms with Crippen LogP contribution in [0.4, 0.5) is 0 Å². The van der Waals surface area contributed by atoms with Gasteiger partial charge < -0.3 is 9.84 Å². The van der Waals surface area contributed by atoms with E-state index in [1.165, 1.54) is 13.2 Å². The number of hydrogen-bond acceptors (Lipinski definition) is 4. The van der Waals surface area contributed by atoms with Crippen LogP contribution in [0, 0.1) is 0 Å². The van der Waals surface area contributed by atoms with Crippen molar-refractivity contribution in [2.45, 2.75) is 42.7 Å². The van der Waals surface area contributed by atoms with Gasteiger partial charge in [-0.3, -0.25) is 0 Å². The van der Waals surface area contributed by atoms with E-state index in [0.29, 0.717) is 18.6 Å². The molecule has 19 heavy (non-hydrogen) atoms. The Labute approximate surface area is 113 Å². The fourth-order valence-electron chi connectivity index (χ4n) is 2.35. The first-order valence-corrected chi connectivity index (χ1v) is 7.86. The molecule has 0 saturated heterocycles. The number of methoxy groups -OCH3 is 1. The Morgan fingerprint density at radius 3 is 2.63 bits per heavy atom. The van der Waals surface area contributed by atoms with Crippen molar-refractivity contribution >= 4 is 10.0 Å². The van der Waals surface area contributed by atoms with Gasteiger partial charge in [0.05, 0.1) is 13.2 Å². The summed E-state index contributed by atoms with van der Waals surface area (Å²) >= 11 is 0. The van der Waals surface area contributed by atoms with E-state index in [0.717, 1.165) is 12.8 Å². The molecule has 0 aromatic heterocycles. The lowest BCUT2D eigenvalue weighted by Crippen LogP contribution is -2.45. The SMILES string of the molecule is COc1ccccc1S(=O)(=O)N[C@H]1CCCC[C@@H]1O. The second-order valence-corrected chi connectivity index (χ2v) is 6.41. The van der Waals surface area contributed by atoms with Gasteiger partial charge in [0.1, 0.15) is 10.6 Å². The highest BCUT2D eigenvalue weighted by molar-refractivity contribution is 7.89. The molecule has 6 heteroatoms. The summed E-state index contributed by atoms with van der Waals surface area (Å²) in [7, 11) is -2.24. The van der Waals surface area contributed by atoms with Gasteiger partial charge in [-0.05, 0) is 25.0 Å². The molecule has 106 valence electrons. The summed E-state index contributed by atoms with van der Waals surface area (Å²) in [6.07, 6.45) is 2.55. The first-order chi connectivity index (χ1) is 9.04. The molecule has 0 heterocycles. The Balaban J connectivity index is 2.22. The lowest BCUT2D eigenvalue weighted by molar-refractivity contribution is 0.101. The maximum absolute atomic E-state index is 12.3. The van der Waals surface area contributed by atoms with Crippen LogP contribution in [0.2, 0.25) is 0 Å². The van der Waals surface area contributed by atoms with Crippen molar-refractivity contribution in [3.8, 4) is 5.75 Å². The lowest BCUT2D eigenvalue weighted by atomic mass is 9.93. The highest BCUT2D eigenvalue weighted by Crippen LogP contribution is 2.25. The molecular formula is C13H19NO4S. The van der Waals surface area contributed by atoms with E-state index < -0.39 is 22.2 Å². The summed E-state index contributed by atoms with van der Waals surface area (Å²) in [6.45, 7) is 0. The summed E-state index contributed by atoms with van der Waals surface area (Å²) in [5, 5.41) is 9.85. The zero-order chi connectivity index (χ0) is 13.9. The van der Waals surface area contributed by atoms with E-state index in [2.05, 4.69) is 4.72 Å². The molecule has 2 atom stereocenters. The Bertz CT molecular complexity index is 529. The molecule has 0 spiro atoms. The highest BCUT2D eigenvalue weighted by atomic mass is 32.2. The molecule has 1 aromatic rings. The molecule has 1 aliphatic carbocycles. The summed E-state index contributed by atoms with van der Waals surface area (Å²) in [6, 6.07) is 6.05. The number of benzene rings is 1.